The van der Waals surface area contributed by atoms with E-state index in [9.17, 15) is 28.0 Å². The molecule has 4 unspecified atom stereocenters. The van der Waals surface area contributed by atoms with Crippen molar-refractivity contribution in [2.75, 3.05) is 39.3 Å². The van der Waals surface area contributed by atoms with Crippen LogP contribution in [0.1, 0.15) is 195 Å². The molecule has 0 spiro atoms. The van der Waals surface area contributed by atoms with Crippen molar-refractivity contribution in [1.29, 1.82) is 0 Å². The van der Waals surface area contributed by atoms with Crippen LogP contribution in [0.4, 0.5) is 8.78 Å². The Morgan fingerprint density at radius 3 is 2.23 bits per heavy atom. The number of hydrogen-bond donors (Lipinski definition) is 2. The molecule has 3 amide bonds. The molecule has 4 atom stereocenters. The van der Waals surface area contributed by atoms with Gasteiger partial charge in [0.25, 0.3) is 12.3 Å². The summed E-state index contributed by atoms with van der Waals surface area (Å²) in [4.78, 5) is 59.5. The molecular formula is C65H99F2N7O4. The highest BCUT2D eigenvalue weighted by molar-refractivity contribution is 5.95. The summed E-state index contributed by atoms with van der Waals surface area (Å²) in [6.07, 6.45) is 13.3. The number of nitrogens with one attached hydrogen (secondary N) is 2. The Hall–Kier alpha value is -5.01. The van der Waals surface area contributed by atoms with E-state index in [0.717, 1.165) is 109 Å². The van der Waals surface area contributed by atoms with Crippen molar-refractivity contribution >= 4 is 34.9 Å². The molecule has 432 valence electrons. The number of aldehydes is 1. The number of aryl methyl sites for hydroxylation is 1. The van der Waals surface area contributed by atoms with E-state index in [4.69, 9.17) is 4.98 Å². The summed E-state index contributed by atoms with van der Waals surface area (Å²) < 4.78 is 32.2. The molecule has 2 aliphatic heterocycles. The number of amides is 3. The maximum absolute atomic E-state index is 14.9. The van der Waals surface area contributed by atoms with E-state index in [1.165, 1.54) is 37.3 Å². The zero-order valence-electron chi connectivity index (χ0n) is 50.2. The van der Waals surface area contributed by atoms with Crippen LogP contribution >= 0.6 is 0 Å². The molecular weight excluding hydrogens is 981 g/mol. The summed E-state index contributed by atoms with van der Waals surface area (Å²) in [5.74, 6) is 2.03. The standard InChI is InChI=1S/C52H73F2N7O3.C8H16.C5H10O/c1-11-52(9,10)30-43-42-29-38(18-19-45(42)60(13-3)48(43)41-17-16-21-55-46(41)33(4)5)39-25-37(26-40(28-39)49(53)54)27-44(51(64)61-23-15-14-22-56-61)57-50(63)47(34(6)7)59-24-20-36(32-59)31-58(12-2)35(8)62;1-3-4-7(2)8-5-6-8;1-2-3-4-5-6/h16-19,21,25-26,28-29,33-34,36,44,47,49,56H,11-15,20,22-24,27,30-32H2,1-10H3,(H,57,63);7-8H,3-6H2,1-2H3;5H,2-4H2,1H3. The topological polar surface area (TPSA) is 120 Å². The molecule has 3 fully saturated rings. The number of benzene rings is 2. The Morgan fingerprint density at radius 1 is 0.923 bits per heavy atom. The molecule has 0 radical (unpaired) electrons. The summed E-state index contributed by atoms with van der Waals surface area (Å²) in [5.41, 5.74) is 10.7. The minimum atomic E-state index is -2.75. The van der Waals surface area contributed by atoms with Gasteiger partial charge in [0.15, 0.2) is 0 Å². The van der Waals surface area contributed by atoms with Gasteiger partial charge >= 0.3 is 0 Å². The number of aromatic nitrogens is 2. The maximum Gasteiger partial charge on any atom is 0.263 e. The summed E-state index contributed by atoms with van der Waals surface area (Å²) in [6.45, 7) is 32.1. The molecule has 4 heterocycles. The predicted molar refractivity (Wildman–Crippen MR) is 316 cm³/mol. The summed E-state index contributed by atoms with van der Waals surface area (Å²) in [6, 6.07) is 13.9. The lowest BCUT2D eigenvalue weighted by atomic mass is 9.81. The molecule has 11 nitrogen and oxygen atoms in total. The number of nitrogens with zero attached hydrogens (tertiary/aromatic N) is 5. The van der Waals surface area contributed by atoms with Crippen LogP contribution < -0.4 is 10.7 Å². The van der Waals surface area contributed by atoms with E-state index in [-0.39, 0.29) is 52.9 Å². The summed E-state index contributed by atoms with van der Waals surface area (Å²) >= 11 is 0. The van der Waals surface area contributed by atoms with Crippen molar-refractivity contribution in [3.05, 3.63) is 77.1 Å². The van der Waals surface area contributed by atoms with E-state index in [0.29, 0.717) is 50.4 Å². The van der Waals surface area contributed by atoms with E-state index >= 15 is 0 Å². The molecule has 1 aliphatic carbocycles. The van der Waals surface area contributed by atoms with Crippen LogP contribution in [0.2, 0.25) is 0 Å². The third-order valence-electron chi connectivity index (χ3n) is 16.5. The summed E-state index contributed by atoms with van der Waals surface area (Å²) in [5, 5.41) is 5.81. The third-order valence-corrected chi connectivity index (χ3v) is 16.5. The quantitative estimate of drug-likeness (QED) is 0.0530. The third kappa shape index (κ3) is 17.5. The van der Waals surface area contributed by atoms with Crippen molar-refractivity contribution in [2.45, 2.75) is 204 Å². The number of carbonyl (C=O) groups excluding carboxylic acids is 4. The first-order valence-corrected chi connectivity index (χ1v) is 30.0. The second-order valence-electron chi connectivity index (χ2n) is 24.0. The molecule has 2 aromatic heterocycles. The first-order valence-electron chi connectivity index (χ1n) is 30.0. The predicted octanol–water partition coefficient (Wildman–Crippen LogP) is 14.0. The van der Waals surface area contributed by atoms with Gasteiger partial charge in [0.05, 0.1) is 17.4 Å². The zero-order valence-corrected chi connectivity index (χ0v) is 50.2. The smallest absolute Gasteiger partial charge is 0.263 e. The number of unbranched alkanes of at least 4 members (excludes halogenated alkanes) is 2. The van der Waals surface area contributed by atoms with E-state index in [1.54, 1.807) is 18.0 Å². The second kappa shape index (κ2) is 30.5. The Labute approximate surface area is 468 Å². The van der Waals surface area contributed by atoms with Gasteiger partial charge in [-0.05, 0) is 153 Å². The lowest BCUT2D eigenvalue weighted by Crippen LogP contribution is -2.59. The van der Waals surface area contributed by atoms with Gasteiger partial charge in [-0.15, -0.1) is 0 Å². The lowest BCUT2D eigenvalue weighted by Gasteiger charge is -2.34. The number of rotatable bonds is 24. The van der Waals surface area contributed by atoms with Gasteiger partial charge in [-0.3, -0.25) is 29.3 Å². The Kier molecular flexibility index (Phi) is 25.0. The number of alkyl halides is 2. The molecule has 2 aromatic carbocycles. The van der Waals surface area contributed by atoms with Gasteiger partial charge in [0.2, 0.25) is 11.8 Å². The van der Waals surface area contributed by atoms with E-state index in [2.05, 4.69) is 101 Å². The molecule has 3 aliphatic rings. The fourth-order valence-electron chi connectivity index (χ4n) is 11.6. The fraction of sp³-hybridized carbons (Fsp3) is 0.646. The van der Waals surface area contributed by atoms with Gasteiger partial charge in [0, 0.05) is 87.3 Å². The van der Waals surface area contributed by atoms with Gasteiger partial charge < -0.3 is 19.6 Å². The average molecular weight is 1080 g/mol. The number of hydrogen-bond acceptors (Lipinski definition) is 7. The molecule has 4 aromatic rings. The van der Waals surface area contributed by atoms with Gasteiger partial charge in [-0.25, -0.2) is 14.2 Å². The van der Waals surface area contributed by atoms with Crippen molar-refractivity contribution in [1.82, 2.24) is 35.1 Å². The van der Waals surface area contributed by atoms with Crippen LogP contribution in [-0.2, 0) is 38.6 Å². The molecule has 1 saturated carbocycles. The Morgan fingerprint density at radius 2 is 1.67 bits per heavy atom. The monoisotopic (exact) mass is 1080 g/mol. The first kappa shape index (κ1) is 63.8. The molecule has 7 rings (SSSR count). The second-order valence-corrected chi connectivity index (χ2v) is 24.0. The molecule has 2 saturated heterocycles. The fourth-order valence-corrected chi connectivity index (χ4v) is 11.6. The van der Waals surface area contributed by atoms with Gasteiger partial charge in [-0.1, -0.05) is 113 Å². The van der Waals surface area contributed by atoms with Crippen LogP contribution in [-0.4, -0.2) is 99.7 Å². The molecule has 0 bridgehead atoms. The van der Waals surface area contributed by atoms with Crippen LogP contribution in [0.15, 0.2) is 54.7 Å². The SMILES string of the molecule is CCCC(C)C1CC1.CCCCC=O.CCN(CC1CCN(C(C(=O)NC(Cc2cc(-c3ccc4c(c3)c(CC(C)(C)CC)c(-c3cccnc3C(C)C)n4CC)cc(C(F)F)c2)C(=O)N2CCCCN2)C(C)C)C1)C(C)=O. The van der Waals surface area contributed by atoms with Crippen molar-refractivity contribution in [3.8, 4) is 22.4 Å². The van der Waals surface area contributed by atoms with Crippen LogP contribution in [0.5, 0.6) is 0 Å². The van der Waals surface area contributed by atoms with Gasteiger partial charge in [-0.2, -0.15) is 0 Å². The largest absolute Gasteiger partial charge is 0.343 e. The highest BCUT2D eigenvalue weighted by atomic mass is 19.3. The molecule has 13 heteroatoms. The highest BCUT2D eigenvalue weighted by Crippen LogP contribution is 2.43. The minimum Gasteiger partial charge on any atom is -0.343 e. The number of likely N-dealkylation sites (tertiary alicyclic amines) is 1. The number of fused-ring (bicyclic) bond motifs is 1. The average Bonchev–Trinajstić information content (AvgIpc) is 4.13. The normalized spacial score (nSPS) is 17.1. The first-order chi connectivity index (χ1) is 37.2. The van der Waals surface area contributed by atoms with Crippen molar-refractivity contribution in [2.24, 2.45) is 29.1 Å². The summed E-state index contributed by atoms with van der Waals surface area (Å²) in [7, 11) is 0. The van der Waals surface area contributed by atoms with Crippen LogP contribution in [0, 0.1) is 29.1 Å². The van der Waals surface area contributed by atoms with Gasteiger partial charge in [0.1, 0.15) is 12.3 Å². The number of pyridine rings is 1. The number of hydrazine groups is 1. The number of halogens is 2. The number of carbonyl (C=O) groups is 4. The van der Waals surface area contributed by atoms with E-state index < -0.39 is 18.5 Å². The van der Waals surface area contributed by atoms with E-state index in [1.807, 2.05) is 50.1 Å². The van der Waals surface area contributed by atoms with Crippen LogP contribution in [0.25, 0.3) is 33.3 Å². The van der Waals surface area contributed by atoms with Crippen LogP contribution in [0.3, 0.4) is 0 Å². The Bertz CT molecular complexity index is 2550. The van der Waals surface area contributed by atoms with Crippen molar-refractivity contribution in [3.63, 3.8) is 0 Å². The molecule has 78 heavy (non-hydrogen) atoms. The Balaban J connectivity index is 0.000000699. The molecule has 2 N–H and O–H groups in total. The lowest BCUT2D eigenvalue weighted by molar-refractivity contribution is -0.141. The maximum atomic E-state index is 14.9. The zero-order chi connectivity index (χ0) is 57.3. The minimum absolute atomic E-state index is 0.00736. The highest BCUT2D eigenvalue weighted by Gasteiger charge is 2.38. The van der Waals surface area contributed by atoms with Crippen molar-refractivity contribution < 1.29 is 28.0 Å².